The maximum Gasteiger partial charge on any atom is 0.323 e. The van der Waals surface area contributed by atoms with Gasteiger partial charge in [-0.25, -0.2) is 0 Å². The Morgan fingerprint density at radius 1 is 0.574 bits per heavy atom. The van der Waals surface area contributed by atoms with Gasteiger partial charge in [-0.05, 0) is 72.0 Å². The molecule has 0 aromatic rings. The van der Waals surface area contributed by atoms with E-state index in [0.717, 1.165) is 77.0 Å². The van der Waals surface area contributed by atoms with Crippen LogP contribution in [0, 0.1) is 5.41 Å². The fourth-order valence-corrected chi connectivity index (χ4v) is 10.2. The van der Waals surface area contributed by atoms with Crippen molar-refractivity contribution in [3.8, 4) is 0 Å². The highest BCUT2D eigenvalue weighted by molar-refractivity contribution is 5.82. The van der Waals surface area contributed by atoms with Gasteiger partial charge >= 0.3 is 11.9 Å². The van der Waals surface area contributed by atoms with E-state index in [1.54, 1.807) is 0 Å². The molecule has 3 atom stereocenters. The molecule has 0 aromatic carbocycles. The summed E-state index contributed by atoms with van der Waals surface area (Å²) in [6, 6.07) is 0.194. The van der Waals surface area contributed by atoms with Crippen LogP contribution in [0.15, 0.2) is 0 Å². The highest BCUT2D eigenvalue weighted by Gasteiger charge is 2.39. The van der Waals surface area contributed by atoms with E-state index in [-0.39, 0.29) is 29.9 Å². The molecule has 400 valence electrons. The van der Waals surface area contributed by atoms with Crippen molar-refractivity contribution in [2.75, 3.05) is 54.4 Å². The summed E-state index contributed by atoms with van der Waals surface area (Å²) < 4.78 is 11.8. The average Bonchev–Trinajstić information content (AvgIpc) is 3.72. The molecule has 2 amide bonds. The molecular weight excluding hydrogens is 849 g/mol. The molecule has 1 aliphatic rings. The molecule has 0 saturated carbocycles. The largest absolute Gasteiger partial charge is 0.465 e. The fraction of sp³-hybridized carbons (Fsp3) is 0.931. The molecule has 1 heterocycles. The van der Waals surface area contributed by atoms with Gasteiger partial charge in [-0.15, -0.1) is 0 Å². The van der Waals surface area contributed by atoms with E-state index in [9.17, 15) is 19.2 Å². The molecule has 1 aliphatic heterocycles. The van der Waals surface area contributed by atoms with E-state index < -0.39 is 11.5 Å². The molecule has 0 spiro atoms. The van der Waals surface area contributed by atoms with E-state index in [0.29, 0.717) is 57.6 Å². The quantitative estimate of drug-likeness (QED) is 0.0440. The molecule has 0 N–H and O–H groups in total. The van der Waals surface area contributed by atoms with E-state index >= 15 is 0 Å². The molecule has 68 heavy (non-hydrogen) atoms. The minimum absolute atomic E-state index is 0.231. The zero-order valence-electron chi connectivity index (χ0n) is 46.6. The maximum atomic E-state index is 14.0. The van der Waals surface area contributed by atoms with Gasteiger partial charge in [0.2, 0.25) is 11.8 Å². The summed E-state index contributed by atoms with van der Waals surface area (Å²) in [5.74, 6) is 0.0459. The molecule has 1 fully saturated rings. The second kappa shape index (κ2) is 40.4. The van der Waals surface area contributed by atoms with Crippen LogP contribution < -0.4 is 0 Å². The van der Waals surface area contributed by atoms with Crippen LogP contribution in [-0.4, -0.2) is 122 Å². The van der Waals surface area contributed by atoms with Crippen LogP contribution in [0.2, 0.25) is 0 Å². The summed E-state index contributed by atoms with van der Waals surface area (Å²) in [6.45, 7) is 15.5. The summed E-state index contributed by atoms with van der Waals surface area (Å²) in [5.41, 5.74) is -0.406. The molecule has 1 saturated heterocycles. The summed E-state index contributed by atoms with van der Waals surface area (Å²) in [7, 11) is 7.92. The minimum Gasteiger partial charge on any atom is -0.465 e. The first-order valence-electron chi connectivity index (χ1n) is 29.0. The summed E-state index contributed by atoms with van der Waals surface area (Å²) >= 11 is 0. The summed E-state index contributed by atoms with van der Waals surface area (Å²) in [4.78, 5) is 61.6. The highest BCUT2D eigenvalue weighted by Crippen LogP contribution is 2.30. The van der Waals surface area contributed by atoms with Gasteiger partial charge in [-0.2, -0.15) is 0 Å². The Kier molecular flexibility index (Phi) is 37.9. The van der Waals surface area contributed by atoms with Crippen molar-refractivity contribution in [2.24, 2.45) is 5.41 Å². The van der Waals surface area contributed by atoms with Crippen molar-refractivity contribution < 1.29 is 28.7 Å². The molecule has 0 aromatic heterocycles. The molecule has 0 aliphatic carbocycles. The van der Waals surface area contributed by atoms with E-state index in [4.69, 9.17) is 9.47 Å². The van der Waals surface area contributed by atoms with Crippen LogP contribution in [0.1, 0.15) is 266 Å². The van der Waals surface area contributed by atoms with Crippen molar-refractivity contribution in [2.45, 2.75) is 291 Å². The lowest BCUT2D eigenvalue weighted by Crippen LogP contribution is -2.44. The van der Waals surface area contributed by atoms with E-state index in [1.165, 1.54) is 128 Å². The first kappa shape index (κ1) is 63.8. The van der Waals surface area contributed by atoms with Gasteiger partial charge < -0.3 is 24.2 Å². The molecule has 0 radical (unpaired) electrons. The summed E-state index contributed by atoms with van der Waals surface area (Å²) in [5, 5.41) is 0. The summed E-state index contributed by atoms with van der Waals surface area (Å²) in [6.07, 6.45) is 38.2. The molecule has 10 nitrogen and oxygen atoms in total. The van der Waals surface area contributed by atoms with Crippen LogP contribution in [0.5, 0.6) is 0 Å². The lowest BCUT2D eigenvalue weighted by Gasteiger charge is -2.35. The number of unbranched alkanes of at least 4 members (excludes halogenated alkanes) is 22. The Morgan fingerprint density at radius 3 is 1.59 bits per heavy atom. The maximum absolute atomic E-state index is 14.0. The predicted octanol–water partition coefficient (Wildman–Crippen LogP) is 14.1. The molecular formula is C58H112N4O6. The van der Waals surface area contributed by atoms with E-state index in [2.05, 4.69) is 58.4 Å². The van der Waals surface area contributed by atoms with Crippen molar-refractivity contribution in [3.63, 3.8) is 0 Å². The predicted molar refractivity (Wildman–Crippen MR) is 286 cm³/mol. The average molecular weight is 962 g/mol. The highest BCUT2D eigenvalue weighted by atomic mass is 16.5. The number of amides is 2. The normalized spacial score (nSPS) is 15.9. The molecule has 10 heteroatoms. The third-order valence-electron chi connectivity index (χ3n) is 15.0. The van der Waals surface area contributed by atoms with Gasteiger partial charge in [0.05, 0.1) is 13.0 Å². The van der Waals surface area contributed by atoms with Crippen LogP contribution in [0.4, 0.5) is 0 Å². The third kappa shape index (κ3) is 29.9. The van der Waals surface area contributed by atoms with Gasteiger partial charge in [-0.1, -0.05) is 196 Å². The van der Waals surface area contributed by atoms with Crippen LogP contribution in [-0.2, 0) is 28.7 Å². The SMILES string of the molecule is CCCCCCCCCCC(CC)N(C)C(=O)CCCCCN1C[C@@H](OC(=O)CCN(C)C)C[C@H]1C(=O)OCCCCCCC(C)(C)C(=O)N(C)C(CCCCCCCC)CCCCCCCC. The number of rotatable bonds is 45. The second-order valence-corrected chi connectivity index (χ2v) is 22.0. The number of carbonyl (C=O) groups excluding carboxylic acids is 4. The van der Waals surface area contributed by atoms with Crippen LogP contribution in [0.25, 0.3) is 0 Å². The molecule has 1 unspecified atom stereocenters. The second-order valence-electron chi connectivity index (χ2n) is 22.0. The lowest BCUT2D eigenvalue weighted by molar-refractivity contribution is -0.151. The van der Waals surface area contributed by atoms with Gasteiger partial charge in [0, 0.05) is 57.5 Å². The number of hydrogen-bond acceptors (Lipinski definition) is 8. The van der Waals surface area contributed by atoms with Gasteiger partial charge in [-0.3, -0.25) is 24.1 Å². The molecule has 1 rings (SSSR count). The fourth-order valence-electron chi connectivity index (χ4n) is 10.2. The van der Waals surface area contributed by atoms with Crippen LogP contribution in [0.3, 0.4) is 0 Å². The first-order valence-corrected chi connectivity index (χ1v) is 29.0. The standard InChI is InChI=1S/C58H112N4O6/c1-11-15-18-21-24-25-28-32-39-50(14-4)60(9)54(63)42-35-31-37-45-62-49-52(68-55(64)43-46-59(7)8)48-53(62)56(65)67-47-38-30-29-36-44-58(5,6)57(66)61(10)51(40-33-26-22-19-16-12-2)41-34-27-23-20-17-13-3/h50-53H,11-49H2,1-10H3/t50?,52-,53-/m0/s1. The minimum atomic E-state index is -0.439. The number of hydrogen-bond donors (Lipinski definition) is 0. The monoisotopic (exact) mass is 961 g/mol. The number of ether oxygens (including phenoxy) is 2. The van der Waals surface area contributed by atoms with Gasteiger partial charge in [0.1, 0.15) is 12.1 Å². The Hall–Kier alpha value is -2.20. The Bertz CT molecular complexity index is 1260. The number of esters is 2. The van der Waals surface area contributed by atoms with Crippen molar-refractivity contribution in [1.29, 1.82) is 0 Å². The van der Waals surface area contributed by atoms with Crippen molar-refractivity contribution >= 4 is 23.8 Å². The Balaban J connectivity index is 2.61. The topological polar surface area (TPSA) is 99.7 Å². The number of carbonyl (C=O) groups is 4. The van der Waals surface area contributed by atoms with E-state index in [1.807, 2.05) is 30.9 Å². The Labute approximate surface area is 420 Å². The first-order chi connectivity index (χ1) is 32.7. The van der Waals surface area contributed by atoms with Crippen molar-refractivity contribution in [3.05, 3.63) is 0 Å². The smallest absolute Gasteiger partial charge is 0.323 e. The third-order valence-corrected chi connectivity index (χ3v) is 15.0. The zero-order chi connectivity index (χ0) is 50.4. The lowest BCUT2D eigenvalue weighted by atomic mass is 9.84. The van der Waals surface area contributed by atoms with Crippen LogP contribution >= 0.6 is 0 Å². The number of nitrogens with zero attached hydrogens (tertiary/aromatic N) is 4. The zero-order valence-corrected chi connectivity index (χ0v) is 46.6. The molecule has 0 bridgehead atoms. The van der Waals surface area contributed by atoms with Crippen molar-refractivity contribution in [1.82, 2.24) is 19.6 Å². The van der Waals surface area contributed by atoms with Gasteiger partial charge in [0.25, 0.3) is 0 Å². The van der Waals surface area contributed by atoms with Gasteiger partial charge in [0.15, 0.2) is 0 Å². The number of likely N-dealkylation sites (tertiary alicyclic amines) is 1. The Morgan fingerprint density at radius 2 is 1.06 bits per heavy atom.